The molecule has 1 amide bonds. The molecule has 0 saturated carbocycles. The molecule has 1 saturated heterocycles. The second kappa shape index (κ2) is 9.23. The summed E-state index contributed by atoms with van der Waals surface area (Å²) < 4.78 is 0. The van der Waals surface area contributed by atoms with Crippen LogP contribution in [0.4, 0.5) is 0 Å². The number of carbonyl (C=O) groups is 1. The number of H-pyrrole nitrogens is 1. The number of carbonyl (C=O) groups excluding carboxylic acids is 1. The van der Waals surface area contributed by atoms with Crippen LogP contribution in [0.25, 0.3) is 0 Å². The number of piperidine rings is 1. The van der Waals surface area contributed by atoms with Crippen molar-refractivity contribution in [2.75, 3.05) is 33.2 Å². The zero-order chi connectivity index (χ0) is 19.2. The summed E-state index contributed by atoms with van der Waals surface area (Å²) in [6.45, 7) is 8.50. The van der Waals surface area contributed by atoms with E-state index in [2.05, 4.69) is 48.0 Å². The third kappa shape index (κ3) is 5.23. The Hall–Kier alpha value is -2.07. The first kappa shape index (κ1) is 19.7. The summed E-state index contributed by atoms with van der Waals surface area (Å²) in [5.74, 6) is 0.664. The molecular formula is C23H33N3O. The lowest BCUT2D eigenvalue weighted by Crippen LogP contribution is -2.42. The Morgan fingerprint density at radius 3 is 2.81 bits per heavy atom. The van der Waals surface area contributed by atoms with Crippen LogP contribution < -0.4 is 0 Å². The zero-order valence-electron chi connectivity index (χ0n) is 17.0. The summed E-state index contributed by atoms with van der Waals surface area (Å²) in [6, 6.07) is 12.6. The number of aromatic amines is 1. The first-order valence-corrected chi connectivity index (χ1v) is 10.3. The third-order valence-electron chi connectivity index (χ3n) is 5.80. The van der Waals surface area contributed by atoms with Crippen molar-refractivity contribution in [1.82, 2.24) is 14.8 Å². The molecule has 3 rings (SSSR count). The Morgan fingerprint density at radius 1 is 1.26 bits per heavy atom. The molecule has 4 nitrogen and oxygen atoms in total. The lowest BCUT2D eigenvalue weighted by atomic mass is 9.96. The maximum absolute atomic E-state index is 12.7. The van der Waals surface area contributed by atoms with Gasteiger partial charge in [0, 0.05) is 32.4 Å². The van der Waals surface area contributed by atoms with Gasteiger partial charge in [-0.05, 0) is 68.3 Å². The third-order valence-corrected chi connectivity index (χ3v) is 5.80. The van der Waals surface area contributed by atoms with Crippen molar-refractivity contribution in [1.29, 1.82) is 0 Å². The molecule has 2 heterocycles. The molecule has 0 bridgehead atoms. The average Bonchev–Trinajstić information content (AvgIpc) is 3.16. The molecule has 1 aliphatic rings. The van der Waals surface area contributed by atoms with Crippen LogP contribution in [0, 0.1) is 12.8 Å². The van der Waals surface area contributed by atoms with Crippen LogP contribution in [0.1, 0.15) is 47.1 Å². The van der Waals surface area contributed by atoms with Crippen LogP contribution in [-0.2, 0) is 12.8 Å². The predicted octanol–water partition coefficient (Wildman–Crippen LogP) is 3.91. The monoisotopic (exact) mass is 367 g/mol. The quantitative estimate of drug-likeness (QED) is 0.806. The van der Waals surface area contributed by atoms with Crippen molar-refractivity contribution in [3.8, 4) is 0 Å². The number of nitrogens with zero attached hydrogens (tertiary/aromatic N) is 2. The number of nitrogens with one attached hydrogen (secondary N) is 1. The second-order valence-corrected chi connectivity index (χ2v) is 7.92. The molecule has 1 aliphatic heterocycles. The molecule has 0 unspecified atom stereocenters. The lowest BCUT2D eigenvalue weighted by molar-refractivity contribution is 0.0725. The van der Waals surface area contributed by atoms with Crippen LogP contribution in [0.15, 0.2) is 36.4 Å². The highest BCUT2D eigenvalue weighted by Gasteiger charge is 2.23. The van der Waals surface area contributed by atoms with Gasteiger partial charge in [0.05, 0.1) is 0 Å². The van der Waals surface area contributed by atoms with E-state index >= 15 is 0 Å². The number of likely N-dealkylation sites (tertiary alicyclic amines) is 1. The fraction of sp³-hybridized carbons (Fsp3) is 0.522. The molecule has 1 aromatic carbocycles. The van der Waals surface area contributed by atoms with Gasteiger partial charge in [-0.15, -0.1) is 0 Å². The zero-order valence-corrected chi connectivity index (χ0v) is 17.0. The Kier molecular flexibility index (Phi) is 6.73. The van der Waals surface area contributed by atoms with E-state index in [0.29, 0.717) is 11.6 Å². The fourth-order valence-corrected chi connectivity index (χ4v) is 4.12. The molecule has 2 aromatic rings. The van der Waals surface area contributed by atoms with E-state index in [-0.39, 0.29) is 5.91 Å². The number of aromatic nitrogens is 1. The summed E-state index contributed by atoms with van der Waals surface area (Å²) >= 11 is 0. The van der Waals surface area contributed by atoms with Crippen LogP contribution in [0.3, 0.4) is 0 Å². The van der Waals surface area contributed by atoms with Crippen molar-refractivity contribution in [2.45, 2.75) is 39.5 Å². The van der Waals surface area contributed by atoms with Gasteiger partial charge in [0.15, 0.2) is 0 Å². The van der Waals surface area contributed by atoms with E-state index in [9.17, 15) is 4.79 Å². The van der Waals surface area contributed by atoms with E-state index in [1.165, 1.54) is 30.5 Å². The standard InChI is InChI=1S/C23H33N3O/c1-4-21-11-12-22(24-21)23(27)25(3)16-19-9-7-14-26(17-19)15-13-20-10-6-5-8-18(20)2/h5-6,8,10-12,19,24H,4,7,9,13-17H2,1-3H3/t19-/m0/s1. The summed E-state index contributed by atoms with van der Waals surface area (Å²) in [7, 11) is 1.93. The highest BCUT2D eigenvalue weighted by Crippen LogP contribution is 2.19. The van der Waals surface area contributed by atoms with Crippen molar-refractivity contribution in [3.63, 3.8) is 0 Å². The van der Waals surface area contributed by atoms with Crippen molar-refractivity contribution in [2.24, 2.45) is 5.92 Å². The van der Waals surface area contributed by atoms with E-state index in [1.807, 2.05) is 24.1 Å². The van der Waals surface area contributed by atoms with Gasteiger partial charge in [0.1, 0.15) is 5.69 Å². The minimum Gasteiger partial charge on any atom is -0.354 e. The number of amides is 1. The summed E-state index contributed by atoms with van der Waals surface area (Å²) in [5.41, 5.74) is 4.66. The summed E-state index contributed by atoms with van der Waals surface area (Å²) in [5, 5.41) is 0. The summed E-state index contributed by atoms with van der Waals surface area (Å²) in [4.78, 5) is 20.4. The number of hydrogen-bond acceptors (Lipinski definition) is 2. The average molecular weight is 368 g/mol. The first-order chi connectivity index (χ1) is 13.1. The van der Waals surface area contributed by atoms with Gasteiger partial charge in [-0.1, -0.05) is 31.2 Å². The molecule has 146 valence electrons. The van der Waals surface area contributed by atoms with Gasteiger partial charge in [0.25, 0.3) is 5.91 Å². The number of benzene rings is 1. The highest BCUT2D eigenvalue weighted by molar-refractivity contribution is 5.92. The molecule has 1 atom stereocenters. The predicted molar refractivity (Wildman–Crippen MR) is 111 cm³/mol. The Morgan fingerprint density at radius 2 is 2.07 bits per heavy atom. The first-order valence-electron chi connectivity index (χ1n) is 10.3. The molecule has 4 heteroatoms. The molecule has 0 spiro atoms. The normalized spacial score (nSPS) is 17.8. The van der Waals surface area contributed by atoms with Crippen molar-refractivity contribution >= 4 is 5.91 Å². The number of hydrogen-bond donors (Lipinski definition) is 1. The SMILES string of the molecule is CCc1ccc(C(=O)N(C)C[C@@H]2CCCN(CCc3ccccc3C)C2)[nH]1. The molecule has 0 aliphatic carbocycles. The number of rotatable bonds is 7. The Bertz CT molecular complexity index is 752. The van der Waals surface area contributed by atoms with Gasteiger partial charge < -0.3 is 14.8 Å². The minimum absolute atomic E-state index is 0.103. The molecule has 1 N–H and O–H groups in total. The minimum atomic E-state index is 0.103. The maximum Gasteiger partial charge on any atom is 0.270 e. The van der Waals surface area contributed by atoms with E-state index in [0.717, 1.165) is 38.2 Å². The van der Waals surface area contributed by atoms with Crippen molar-refractivity contribution < 1.29 is 4.79 Å². The van der Waals surface area contributed by atoms with Gasteiger partial charge in [-0.25, -0.2) is 0 Å². The highest BCUT2D eigenvalue weighted by atomic mass is 16.2. The van der Waals surface area contributed by atoms with Crippen molar-refractivity contribution in [3.05, 3.63) is 58.9 Å². The van der Waals surface area contributed by atoms with Crippen LogP contribution in [0.2, 0.25) is 0 Å². The lowest BCUT2D eigenvalue weighted by Gasteiger charge is -2.34. The molecule has 27 heavy (non-hydrogen) atoms. The Balaban J connectivity index is 1.50. The molecule has 1 fully saturated rings. The van der Waals surface area contributed by atoms with E-state index in [1.54, 1.807) is 0 Å². The van der Waals surface area contributed by atoms with E-state index < -0.39 is 0 Å². The Labute approximate surface area is 163 Å². The van der Waals surface area contributed by atoms with Crippen LogP contribution >= 0.6 is 0 Å². The van der Waals surface area contributed by atoms with Gasteiger partial charge in [0.2, 0.25) is 0 Å². The van der Waals surface area contributed by atoms with Gasteiger partial charge >= 0.3 is 0 Å². The molecule has 0 radical (unpaired) electrons. The van der Waals surface area contributed by atoms with Gasteiger partial charge in [-0.3, -0.25) is 4.79 Å². The number of aryl methyl sites for hydroxylation is 2. The molecular weight excluding hydrogens is 334 g/mol. The molecule has 1 aromatic heterocycles. The maximum atomic E-state index is 12.7. The van der Waals surface area contributed by atoms with Gasteiger partial charge in [-0.2, -0.15) is 0 Å². The second-order valence-electron chi connectivity index (χ2n) is 7.92. The smallest absolute Gasteiger partial charge is 0.270 e. The van der Waals surface area contributed by atoms with E-state index in [4.69, 9.17) is 0 Å². The topological polar surface area (TPSA) is 39.3 Å². The largest absolute Gasteiger partial charge is 0.354 e. The van der Waals surface area contributed by atoms with Crippen LogP contribution in [0.5, 0.6) is 0 Å². The van der Waals surface area contributed by atoms with Crippen LogP contribution in [-0.4, -0.2) is 53.9 Å². The summed E-state index contributed by atoms with van der Waals surface area (Å²) in [6.07, 6.45) is 4.47. The fourth-order valence-electron chi connectivity index (χ4n) is 4.12.